The summed E-state index contributed by atoms with van der Waals surface area (Å²) in [5, 5.41) is 3.20. The molecule has 128 valence electrons. The van der Waals surface area contributed by atoms with Gasteiger partial charge in [-0.25, -0.2) is 8.42 Å². The third-order valence-electron chi connectivity index (χ3n) is 3.58. The van der Waals surface area contributed by atoms with E-state index in [1.165, 1.54) is 16.4 Å². The molecule has 1 aliphatic rings. The highest BCUT2D eigenvalue weighted by molar-refractivity contribution is 7.89. The van der Waals surface area contributed by atoms with Crippen LogP contribution in [0.3, 0.4) is 0 Å². The van der Waals surface area contributed by atoms with Gasteiger partial charge in [0.15, 0.2) is 0 Å². The second-order valence-corrected chi connectivity index (χ2v) is 7.96. The van der Waals surface area contributed by atoms with Gasteiger partial charge >= 0.3 is 0 Å². The molecule has 0 spiro atoms. The van der Waals surface area contributed by atoms with Crippen LogP contribution in [0.2, 0.25) is 10.0 Å². The molecule has 0 bridgehead atoms. The summed E-state index contributed by atoms with van der Waals surface area (Å²) in [5.41, 5.74) is 0. The first-order chi connectivity index (χ1) is 10.8. The van der Waals surface area contributed by atoms with Gasteiger partial charge in [-0.15, -0.1) is 0 Å². The molecule has 0 radical (unpaired) electrons. The second-order valence-electron chi connectivity index (χ2n) is 5.21. The molecule has 2 rings (SSSR count). The number of halogens is 2. The van der Waals surface area contributed by atoms with Crippen molar-refractivity contribution in [3.63, 3.8) is 0 Å². The number of nitrogens with zero attached hydrogens (tertiary/aromatic N) is 2. The molecule has 0 saturated carbocycles. The van der Waals surface area contributed by atoms with E-state index in [4.69, 9.17) is 23.2 Å². The molecule has 1 aromatic carbocycles. The zero-order valence-electron chi connectivity index (χ0n) is 12.8. The van der Waals surface area contributed by atoms with Crippen LogP contribution < -0.4 is 5.32 Å². The van der Waals surface area contributed by atoms with E-state index < -0.39 is 10.0 Å². The van der Waals surface area contributed by atoms with E-state index in [1.54, 1.807) is 6.07 Å². The fourth-order valence-electron chi connectivity index (χ4n) is 2.40. The molecule has 0 aromatic heterocycles. The van der Waals surface area contributed by atoms with E-state index in [2.05, 4.69) is 5.32 Å². The summed E-state index contributed by atoms with van der Waals surface area (Å²) < 4.78 is 26.7. The van der Waals surface area contributed by atoms with Crippen molar-refractivity contribution in [1.82, 2.24) is 14.5 Å². The predicted octanol–water partition coefficient (Wildman–Crippen LogP) is 1.44. The number of benzene rings is 1. The average Bonchev–Trinajstić information content (AvgIpc) is 2.50. The van der Waals surface area contributed by atoms with Crippen LogP contribution >= 0.6 is 23.2 Å². The van der Waals surface area contributed by atoms with Crippen molar-refractivity contribution >= 4 is 39.1 Å². The highest BCUT2D eigenvalue weighted by Gasteiger charge is 2.30. The molecule has 1 aromatic rings. The Hall–Kier alpha value is -0.860. The number of piperazine rings is 1. The summed E-state index contributed by atoms with van der Waals surface area (Å²) in [6, 6.07) is 4.38. The van der Waals surface area contributed by atoms with Crippen molar-refractivity contribution < 1.29 is 13.2 Å². The Morgan fingerprint density at radius 3 is 2.48 bits per heavy atom. The molecule has 1 heterocycles. The summed E-state index contributed by atoms with van der Waals surface area (Å²) in [4.78, 5) is 13.5. The first-order valence-corrected chi connectivity index (χ1v) is 9.48. The molecule has 0 unspecified atom stereocenters. The van der Waals surface area contributed by atoms with Crippen LogP contribution in [0.4, 0.5) is 0 Å². The van der Waals surface area contributed by atoms with Gasteiger partial charge in [-0.1, -0.05) is 23.2 Å². The normalized spacial score (nSPS) is 17.2. The average molecular weight is 380 g/mol. The smallest absolute Gasteiger partial charge is 0.244 e. The summed E-state index contributed by atoms with van der Waals surface area (Å²) >= 11 is 11.9. The van der Waals surface area contributed by atoms with Gasteiger partial charge in [0.25, 0.3) is 0 Å². The molecular formula is C14H19Cl2N3O3S. The van der Waals surface area contributed by atoms with Crippen molar-refractivity contribution in [2.75, 3.05) is 39.3 Å². The largest absolute Gasteiger partial charge is 0.355 e. The minimum atomic E-state index is -3.69. The molecule has 23 heavy (non-hydrogen) atoms. The number of likely N-dealkylation sites (N-methyl/N-ethyl adjacent to an activating group) is 1. The Labute approximate surface area is 146 Å². The number of amides is 1. The number of carbonyl (C=O) groups excluding carboxylic acids is 1. The Morgan fingerprint density at radius 2 is 1.87 bits per heavy atom. The Kier molecular flexibility index (Phi) is 6.27. The first-order valence-electron chi connectivity index (χ1n) is 7.29. The van der Waals surface area contributed by atoms with Gasteiger partial charge in [0.2, 0.25) is 15.9 Å². The Bertz CT molecular complexity index is 674. The van der Waals surface area contributed by atoms with Crippen molar-refractivity contribution in [1.29, 1.82) is 0 Å². The van der Waals surface area contributed by atoms with Gasteiger partial charge in [0.1, 0.15) is 4.90 Å². The number of sulfonamides is 1. The monoisotopic (exact) mass is 379 g/mol. The molecule has 1 fully saturated rings. The van der Waals surface area contributed by atoms with Crippen molar-refractivity contribution in [3.05, 3.63) is 28.2 Å². The number of nitrogens with one attached hydrogen (secondary N) is 1. The maximum atomic E-state index is 12.7. The van der Waals surface area contributed by atoms with Crippen LogP contribution in [0.15, 0.2) is 23.1 Å². The van der Waals surface area contributed by atoms with E-state index in [1.807, 2.05) is 11.8 Å². The van der Waals surface area contributed by atoms with Gasteiger partial charge in [0, 0.05) is 37.7 Å². The molecule has 1 saturated heterocycles. The van der Waals surface area contributed by atoms with E-state index >= 15 is 0 Å². The Morgan fingerprint density at radius 1 is 1.22 bits per heavy atom. The highest BCUT2D eigenvalue weighted by Crippen LogP contribution is 2.28. The van der Waals surface area contributed by atoms with E-state index in [9.17, 15) is 13.2 Å². The molecule has 1 N–H and O–H groups in total. The second kappa shape index (κ2) is 7.81. The number of hydrogen-bond donors (Lipinski definition) is 1. The summed E-state index contributed by atoms with van der Waals surface area (Å²) in [7, 11) is -3.69. The quantitative estimate of drug-likeness (QED) is 0.839. The molecule has 0 aliphatic carbocycles. The van der Waals surface area contributed by atoms with E-state index in [-0.39, 0.29) is 22.4 Å². The molecule has 0 atom stereocenters. The van der Waals surface area contributed by atoms with Gasteiger partial charge in [-0.05, 0) is 25.1 Å². The van der Waals surface area contributed by atoms with Crippen LogP contribution in [-0.4, -0.2) is 62.8 Å². The fraction of sp³-hybridized carbons (Fsp3) is 0.500. The molecule has 1 amide bonds. The maximum Gasteiger partial charge on any atom is 0.244 e. The van der Waals surface area contributed by atoms with Crippen LogP contribution in [0, 0.1) is 0 Å². The number of carbonyl (C=O) groups is 1. The first kappa shape index (κ1) is 18.5. The van der Waals surface area contributed by atoms with Crippen LogP contribution in [-0.2, 0) is 14.8 Å². The number of rotatable bonds is 5. The lowest BCUT2D eigenvalue weighted by Crippen LogP contribution is -2.51. The van der Waals surface area contributed by atoms with E-state index in [0.717, 1.165) is 0 Å². The maximum absolute atomic E-state index is 12.7. The van der Waals surface area contributed by atoms with Crippen molar-refractivity contribution in [3.8, 4) is 0 Å². The summed E-state index contributed by atoms with van der Waals surface area (Å²) in [6.07, 6.45) is 0. The topological polar surface area (TPSA) is 69.7 Å². The van der Waals surface area contributed by atoms with E-state index in [0.29, 0.717) is 37.7 Å². The molecule has 6 nitrogen and oxygen atoms in total. The molecular weight excluding hydrogens is 361 g/mol. The third-order valence-corrected chi connectivity index (χ3v) is 6.20. The van der Waals surface area contributed by atoms with Crippen LogP contribution in [0.5, 0.6) is 0 Å². The predicted molar refractivity (Wildman–Crippen MR) is 90.3 cm³/mol. The molecule has 9 heteroatoms. The zero-order valence-corrected chi connectivity index (χ0v) is 15.1. The minimum absolute atomic E-state index is 0.0174. The Balaban J connectivity index is 2.04. The van der Waals surface area contributed by atoms with Crippen molar-refractivity contribution in [2.24, 2.45) is 0 Å². The number of hydrogen-bond acceptors (Lipinski definition) is 4. The van der Waals surface area contributed by atoms with Crippen molar-refractivity contribution in [2.45, 2.75) is 11.8 Å². The summed E-state index contributed by atoms with van der Waals surface area (Å²) in [6.45, 7) is 4.33. The third kappa shape index (κ3) is 4.58. The van der Waals surface area contributed by atoms with Gasteiger partial charge in [-0.2, -0.15) is 4.31 Å². The molecule has 1 aliphatic heterocycles. The van der Waals surface area contributed by atoms with Gasteiger partial charge in [0.05, 0.1) is 11.6 Å². The minimum Gasteiger partial charge on any atom is -0.355 e. The SMILES string of the molecule is CCNC(=O)CN1CCN(S(=O)(=O)c2cc(Cl)ccc2Cl)CC1. The van der Waals surface area contributed by atoms with Gasteiger partial charge in [-0.3, -0.25) is 9.69 Å². The lowest BCUT2D eigenvalue weighted by atomic mass is 10.3. The standard InChI is InChI=1S/C14H19Cl2N3O3S/c1-2-17-14(20)10-18-5-7-19(8-6-18)23(21,22)13-9-11(15)3-4-12(13)16/h3-4,9H,2,5-8,10H2,1H3,(H,17,20). The van der Waals surface area contributed by atoms with Crippen LogP contribution in [0.1, 0.15) is 6.92 Å². The van der Waals surface area contributed by atoms with Gasteiger partial charge < -0.3 is 5.32 Å². The highest BCUT2D eigenvalue weighted by atomic mass is 35.5. The van der Waals surface area contributed by atoms with Crippen LogP contribution in [0.25, 0.3) is 0 Å². The lowest BCUT2D eigenvalue weighted by molar-refractivity contribution is -0.122. The fourth-order valence-corrected chi connectivity index (χ4v) is 4.56. The zero-order chi connectivity index (χ0) is 17.0. The lowest BCUT2D eigenvalue weighted by Gasteiger charge is -2.33. The summed E-state index contributed by atoms with van der Waals surface area (Å²) in [5.74, 6) is -0.0540.